The molecule has 1 aliphatic rings. The van der Waals surface area contributed by atoms with Crippen molar-refractivity contribution in [2.24, 2.45) is 0 Å². The van der Waals surface area contributed by atoms with Gasteiger partial charge >= 0.3 is 5.97 Å². The van der Waals surface area contributed by atoms with Gasteiger partial charge in [0.05, 0.1) is 12.0 Å². The molecular formula is C24H27N3O6S. The number of rotatable bonds is 7. The maximum absolute atomic E-state index is 13.5. The highest BCUT2D eigenvalue weighted by Gasteiger charge is 2.41. The van der Waals surface area contributed by atoms with Crippen molar-refractivity contribution >= 4 is 16.0 Å². The first kappa shape index (κ1) is 23.9. The Hall–Kier alpha value is -3.24. The summed E-state index contributed by atoms with van der Waals surface area (Å²) in [6.45, 7) is 5.51. The number of aromatic nitrogens is 2. The van der Waals surface area contributed by atoms with Crippen molar-refractivity contribution in [3.8, 4) is 17.2 Å². The van der Waals surface area contributed by atoms with E-state index >= 15 is 0 Å². The fraction of sp³-hybridized carbons (Fsp3) is 0.375. The molecule has 34 heavy (non-hydrogen) atoms. The van der Waals surface area contributed by atoms with E-state index in [1.165, 1.54) is 4.31 Å². The molecule has 0 amide bonds. The number of ether oxygens (including phenoxy) is 2. The van der Waals surface area contributed by atoms with Crippen LogP contribution >= 0.6 is 0 Å². The van der Waals surface area contributed by atoms with Crippen LogP contribution in [-0.4, -0.2) is 48.5 Å². The van der Waals surface area contributed by atoms with Gasteiger partial charge in [0.15, 0.2) is 6.61 Å². The molecule has 1 fully saturated rings. The number of benzene rings is 2. The summed E-state index contributed by atoms with van der Waals surface area (Å²) in [5, 5.41) is 3.85. The van der Waals surface area contributed by atoms with E-state index in [0.29, 0.717) is 35.3 Å². The molecule has 10 heteroatoms. The average Bonchev–Trinajstić information content (AvgIpc) is 3.47. The summed E-state index contributed by atoms with van der Waals surface area (Å²) < 4.78 is 43.9. The first-order valence-electron chi connectivity index (χ1n) is 10.9. The summed E-state index contributed by atoms with van der Waals surface area (Å²) in [6.07, 6.45) is 0.970. The Morgan fingerprint density at radius 3 is 2.47 bits per heavy atom. The lowest BCUT2D eigenvalue weighted by Crippen LogP contribution is -2.41. The van der Waals surface area contributed by atoms with Gasteiger partial charge in [0.25, 0.3) is 5.89 Å². The zero-order chi connectivity index (χ0) is 24.5. The molecule has 3 aromatic rings. The van der Waals surface area contributed by atoms with Crippen molar-refractivity contribution in [3.05, 3.63) is 58.9 Å². The molecule has 9 nitrogen and oxygen atoms in total. The zero-order valence-corrected chi connectivity index (χ0v) is 20.4. The molecule has 0 aliphatic carbocycles. The molecule has 2 aromatic carbocycles. The van der Waals surface area contributed by atoms with Crippen molar-refractivity contribution in [1.29, 1.82) is 0 Å². The smallest absolute Gasteiger partial charge is 0.324 e. The molecule has 1 saturated heterocycles. The number of aryl methyl sites for hydroxylation is 3. The van der Waals surface area contributed by atoms with Crippen molar-refractivity contribution in [1.82, 2.24) is 14.4 Å². The maximum Gasteiger partial charge on any atom is 0.324 e. The van der Waals surface area contributed by atoms with Crippen LogP contribution in [0.3, 0.4) is 0 Å². The normalized spacial score (nSPS) is 16.5. The molecule has 4 rings (SSSR count). The van der Waals surface area contributed by atoms with Gasteiger partial charge in [-0.15, -0.1) is 0 Å². The van der Waals surface area contributed by atoms with E-state index in [2.05, 4.69) is 10.1 Å². The standard InChI is InChI=1S/C24H27N3O6S/c1-15-12-16(2)22(17(3)13-15)34(29,30)27-11-5-6-20(27)24(28)32-14-21-25-23(33-26-21)18-7-9-19(31-4)10-8-18/h7-10,12-13,20H,5-6,11,14H2,1-4H3. The van der Waals surface area contributed by atoms with Crippen molar-refractivity contribution in [2.45, 2.75) is 51.2 Å². The van der Waals surface area contributed by atoms with Gasteiger partial charge in [0.2, 0.25) is 15.8 Å². The number of esters is 1. The fourth-order valence-electron chi connectivity index (χ4n) is 4.35. The largest absolute Gasteiger partial charge is 0.497 e. The maximum atomic E-state index is 13.5. The first-order valence-corrected chi connectivity index (χ1v) is 12.4. The Balaban J connectivity index is 1.46. The summed E-state index contributed by atoms with van der Waals surface area (Å²) >= 11 is 0. The van der Waals surface area contributed by atoms with Crippen molar-refractivity contribution < 1.29 is 27.2 Å². The van der Waals surface area contributed by atoms with Crippen molar-refractivity contribution in [3.63, 3.8) is 0 Å². The predicted molar refractivity (Wildman–Crippen MR) is 124 cm³/mol. The van der Waals surface area contributed by atoms with Crippen LogP contribution in [0.15, 0.2) is 45.8 Å². The second-order valence-electron chi connectivity index (χ2n) is 8.35. The topological polar surface area (TPSA) is 112 Å². The van der Waals surface area contributed by atoms with Gasteiger partial charge in [-0.05, 0) is 69.0 Å². The molecule has 1 aliphatic heterocycles. The quantitative estimate of drug-likeness (QED) is 0.467. The number of hydrogen-bond acceptors (Lipinski definition) is 8. The molecule has 0 saturated carbocycles. The van der Waals surface area contributed by atoms with Crippen LogP contribution in [0.2, 0.25) is 0 Å². The predicted octanol–water partition coefficient (Wildman–Crippen LogP) is 3.57. The molecule has 180 valence electrons. The highest BCUT2D eigenvalue weighted by molar-refractivity contribution is 7.89. The van der Waals surface area contributed by atoms with Gasteiger partial charge in [-0.3, -0.25) is 4.79 Å². The summed E-state index contributed by atoms with van der Waals surface area (Å²) in [5.41, 5.74) is 3.01. The number of methoxy groups -OCH3 is 1. The average molecular weight is 486 g/mol. The van der Waals surface area contributed by atoms with E-state index < -0.39 is 22.0 Å². The highest BCUT2D eigenvalue weighted by atomic mass is 32.2. The summed E-state index contributed by atoms with van der Waals surface area (Å²) in [5.74, 6) is 0.546. The molecular weight excluding hydrogens is 458 g/mol. The van der Waals surface area contributed by atoms with Crippen LogP contribution in [0.25, 0.3) is 11.5 Å². The van der Waals surface area contributed by atoms with Crippen LogP contribution in [0.4, 0.5) is 0 Å². The summed E-state index contributed by atoms with van der Waals surface area (Å²) in [4.78, 5) is 17.4. The third kappa shape index (κ3) is 4.69. The van der Waals surface area contributed by atoms with Gasteiger partial charge in [-0.1, -0.05) is 22.9 Å². The summed E-state index contributed by atoms with van der Waals surface area (Å²) in [6, 6.07) is 9.87. The van der Waals surface area contributed by atoms with Gasteiger partial charge in [-0.2, -0.15) is 9.29 Å². The third-order valence-electron chi connectivity index (χ3n) is 5.80. The van der Waals surface area contributed by atoms with Gasteiger partial charge in [-0.25, -0.2) is 8.42 Å². The summed E-state index contributed by atoms with van der Waals surface area (Å²) in [7, 11) is -2.28. The van der Waals surface area contributed by atoms with Crippen LogP contribution < -0.4 is 4.74 Å². The lowest BCUT2D eigenvalue weighted by atomic mass is 10.1. The van der Waals surface area contributed by atoms with Crippen LogP contribution in [0.5, 0.6) is 5.75 Å². The minimum Gasteiger partial charge on any atom is -0.497 e. The van der Waals surface area contributed by atoms with E-state index in [1.807, 2.05) is 19.1 Å². The van der Waals surface area contributed by atoms with E-state index in [-0.39, 0.29) is 29.8 Å². The number of nitrogens with zero attached hydrogens (tertiary/aromatic N) is 3. The van der Waals surface area contributed by atoms with Crippen LogP contribution in [-0.2, 0) is 26.2 Å². The molecule has 0 radical (unpaired) electrons. The SMILES string of the molecule is COc1ccc(-c2nc(COC(=O)C3CCCN3S(=O)(=O)c3c(C)cc(C)cc3C)no2)cc1. The van der Waals surface area contributed by atoms with Gasteiger partial charge < -0.3 is 14.0 Å². The Bertz CT molecular complexity index is 1280. The molecule has 0 N–H and O–H groups in total. The van der Waals surface area contributed by atoms with E-state index in [9.17, 15) is 13.2 Å². The number of carbonyl (C=O) groups is 1. The Labute approximate surface area is 198 Å². The minimum atomic E-state index is -3.86. The molecule has 0 spiro atoms. The third-order valence-corrected chi connectivity index (χ3v) is 8.01. The van der Waals surface area contributed by atoms with Crippen LogP contribution in [0.1, 0.15) is 35.4 Å². The second-order valence-corrected chi connectivity index (χ2v) is 10.2. The monoisotopic (exact) mass is 485 g/mol. The Morgan fingerprint density at radius 2 is 1.82 bits per heavy atom. The first-order chi connectivity index (χ1) is 16.2. The zero-order valence-electron chi connectivity index (χ0n) is 19.6. The van der Waals surface area contributed by atoms with E-state index in [4.69, 9.17) is 14.0 Å². The lowest BCUT2D eigenvalue weighted by molar-refractivity contribution is -0.149. The molecule has 2 heterocycles. The van der Waals surface area contributed by atoms with E-state index in [0.717, 1.165) is 5.56 Å². The minimum absolute atomic E-state index is 0.191. The molecule has 1 aromatic heterocycles. The number of sulfonamides is 1. The Morgan fingerprint density at radius 1 is 1.15 bits per heavy atom. The molecule has 1 unspecified atom stereocenters. The lowest BCUT2D eigenvalue weighted by Gasteiger charge is -2.24. The van der Waals surface area contributed by atoms with Gasteiger partial charge in [0, 0.05) is 12.1 Å². The van der Waals surface area contributed by atoms with E-state index in [1.54, 1.807) is 45.2 Å². The molecule has 0 bridgehead atoms. The second kappa shape index (κ2) is 9.55. The van der Waals surface area contributed by atoms with Crippen LogP contribution in [0, 0.1) is 20.8 Å². The fourth-order valence-corrected chi connectivity index (χ4v) is 6.41. The Kier molecular flexibility index (Phi) is 6.72. The van der Waals surface area contributed by atoms with Gasteiger partial charge in [0.1, 0.15) is 11.8 Å². The number of carbonyl (C=O) groups excluding carboxylic acids is 1. The number of hydrogen-bond donors (Lipinski definition) is 0. The highest BCUT2D eigenvalue weighted by Crippen LogP contribution is 2.31. The molecule has 1 atom stereocenters. The van der Waals surface area contributed by atoms with Crippen molar-refractivity contribution in [2.75, 3.05) is 13.7 Å².